The van der Waals surface area contributed by atoms with Gasteiger partial charge in [-0.15, -0.1) is 0 Å². The summed E-state index contributed by atoms with van der Waals surface area (Å²) >= 11 is 5.75. The summed E-state index contributed by atoms with van der Waals surface area (Å²) in [7, 11) is 4.64. The summed E-state index contributed by atoms with van der Waals surface area (Å²) in [6.45, 7) is -0.138. The maximum absolute atomic E-state index is 13.2. The van der Waals surface area contributed by atoms with Crippen LogP contribution in [0.4, 0.5) is 14.9 Å². The molecule has 24 heavy (non-hydrogen) atoms. The van der Waals surface area contributed by atoms with E-state index in [1.165, 1.54) is 30.1 Å². The molecule has 0 fully saturated rings. The van der Waals surface area contributed by atoms with Crippen molar-refractivity contribution >= 4 is 29.2 Å². The average molecular weight is 356 g/mol. The minimum Gasteiger partial charge on any atom is -0.443 e. The molecule has 0 atom stereocenters. The van der Waals surface area contributed by atoms with Crippen LogP contribution in [0, 0.1) is 5.82 Å². The minimum atomic E-state index is -0.531. The molecule has 1 heterocycles. The maximum atomic E-state index is 13.2. The Morgan fingerprint density at radius 1 is 1.46 bits per heavy atom. The van der Waals surface area contributed by atoms with E-state index in [4.69, 9.17) is 16.3 Å². The summed E-state index contributed by atoms with van der Waals surface area (Å²) in [4.78, 5) is 16.8. The molecule has 0 radical (unpaired) electrons. The predicted octanol–water partition coefficient (Wildman–Crippen LogP) is 2.55. The lowest BCUT2D eigenvalue weighted by atomic mass is 10.2. The molecule has 128 valence electrons. The first-order chi connectivity index (χ1) is 11.4. The van der Waals surface area contributed by atoms with E-state index in [1.54, 1.807) is 14.1 Å². The third kappa shape index (κ3) is 4.19. The largest absolute Gasteiger partial charge is 0.443 e. The number of carbonyl (C=O) groups excluding carboxylic acids is 1. The van der Waals surface area contributed by atoms with E-state index in [0.29, 0.717) is 11.5 Å². The van der Waals surface area contributed by atoms with Crippen LogP contribution in [-0.2, 0) is 11.3 Å². The number of nitrogens with zero attached hydrogens (tertiary/aromatic N) is 4. The molecule has 0 saturated carbocycles. The molecule has 1 aromatic heterocycles. The van der Waals surface area contributed by atoms with Gasteiger partial charge >= 0.3 is 6.09 Å². The van der Waals surface area contributed by atoms with Gasteiger partial charge in [-0.05, 0) is 23.4 Å². The first kappa shape index (κ1) is 17.7. The van der Waals surface area contributed by atoms with Crippen LogP contribution in [0.1, 0.15) is 11.4 Å². The fourth-order valence-corrected chi connectivity index (χ4v) is 1.85. The lowest BCUT2D eigenvalue weighted by Crippen LogP contribution is -2.23. The Bertz CT molecular complexity index is 763. The molecule has 10 heteroatoms. The second kappa shape index (κ2) is 7.73. The smallest absolute Gasteiger partial charge is 0.409 e. The number of ether oxygens (including phenoxy) is 1. The Morgan fingerprint density at radius 3 is 2.83 bits per heavy atom. The molecule has 0 aliphatic heterocycles. The van der Waals surface area contributed by atoms with Crippen LogP contribution in [0.5, 0.6) is 0 Å². The van der Waals surface area contributed by atoms with Crippen LogP contribution in [-0.4, -0.2) is 48.3 Å². The van der Waals surface area contributed by atoms with Gasteiger partial charge in [-0.2, -0.15) is 0 Å². The fourth-order valence-electron chi connectivity index (χ4n) is 1.67. The third-order valence-electron chi connectivity index (χ3n) is 2.88. The minimum absolute atomic E-state index is 0.0335. The normalized spacial score (nSPS) is 11.3. The topological polar surface area (TPSA) is 92.9 Å². The van der Waals surface area contributed by atoms with E-state index in [2.05, 4.69) is 25.3 Å². The number of rotatable bonds is 4. The van der Waals surface area contributed by atoms with E-state index >= 15 is 0 Å². The number of amidine groups is 1. The zero-order valence-electron chi connectivity index (χ0n) is 13.2. The molecule has 0 spiro atoms. The second-order valence-corrected chi connectivity index (χ2v) is 5.24. The van der Waals surface area contributed by atoms with Crippen molar-refractivity contribution in [3.8, 4) is 0 Å². The summed E-state index contributed by atoms with van der Waals surface area (Å²) in [6, 6.07) is 4.12. The van der Waals surface area contributed by atoms with Crippen molar-refractivity contribution in [2.45, 2.75) is 6.61 Å². The zero-order chi connectivity index (χ0) is 17.7. The molecule has 0 aliphatic carbocycles. The third-order valence-corrected chi connectivity index (χ3v) is 3.17. The lowest BCUT2D eigenvalue weighted by molar-refractivity contribution is 0.109. The zero-order valence-corrected chi connectivity index (χ0v) is 14.0. The summed E-state index contributed by atoms with van der Waals surface area (Å²) in [5, 5.41) is 10.4. The van der Waals surface area contributed by atoms with Gasteiger partial charge in [0.1, 0.15) is 12.4 Å². The van der Waals surface area contributed by atoms with Crippen molar-refractivity contribution in [2.75, 3.05) is 26.5 Å². The number of nitrogens with one attached hydrogen (secondary N) is 1. The first-order valence-corrected chi connectivity index (χ1v) is 7.15. The van der Waals surface area contributed by atoms with Gasteiger partial charge in [-0.25, -0.2) is 13.8 Å². The monoisotopic (exact) mass is 355 g/mol. The summed E-state index contributed by atoms with van der Waals surface area (Å²) in [5.74, 6) is -0.230. The number of aromatic nitrogens is 2. The van der Waals surface area contributed by atoms with Gasteiger partial charge in [0.15, 0.2) is 17.2 Å². The molecule has 2 rings (SSSR count). The van der Waals surface area contributed by atoms with Crippen LogP contribution in [0.2, 0.25) is 5.02 Å². The fraction of sp³-hybridized carbons (Fsp3) is 0.286. The van der Waals surface area contributed by atoms with Crippen molar-refractivity contribution < 1.29 is 18.6 Å². The maximum Gasteiger partial charge on any atom is 0.409 e. The predicted molar refractivity (Wildman–Crippen MR) is 85.7 cm³/mol. The Labute approximate surface area is 142 Å². The van der Waals surface area contributed by atoms with Gasteiger partial charge in [0.2, 0.25) is 0 Å². The molecule has 1 aromatic carbocycles. The SMILES string of the molecule is CN=C(Nc1ccc(F)c(Cl)c1)c1nonc1COC(=O)N(C)C. The van der Waals surface area contributed by atoms with E-state index in [1.807, 2.05) is 0 Å². The molecular formula is C14H15ClFN5O3. The number of carbonyl (C=O) groups is 1. The van der Waals surface area contributed by atoms with Crippen LogP contribution in [0.25, 0.3) is 0 Å². The van der Waals surface area contributed by atoms with Gasteiger partial charge in [0.05, 0.1) is 5.02 Å². The van der Waals surface area contributed by atoms with Gasteiger partial charge in [0.25, 0.3) is 0 Å². The number of hydrogen-bond acceptors (Lipinski definition) is 6. The van der Waals surface area contributed by atoms with Crippen molar-refractivity contribution in [2.24, 2.45) is 4.99 Å². The van der Waals surface area contributed by atoms with Crippen LogP contribution in [0.15, 0.2) is 27.8 Å². The molecule has 1 amide bonds. The van der Waals surface area contributed by atoms with Crippen molar-refractivity contribution in [1.29, 1.82) is 0 Å². The number of amides is 1. The lowest BCUT2D eigenvalue weighted by Gasteiger charge is -2.11. The Morgan fingerprint density at radius 2 is 2.21 bits per heavy atom. The van der Waals surface area contributed by atoms with Gasteiger partial charge in [0, 0.05) is 26.8 Å². The molecule has 0 bridgehead atoms. The highest BCUT2D eigenvalue weighted by atomic mass is 35.5. The Balaban J connectivity index is 2.15. The quantitative estimate of drug-likeness (QED) is 0.669. The van der Waals surface area contributed by atoms with E-state index < -0.39 is 11.9 Å². The van der Waals surface area contributed by atoms with Crippen LogP contribution >= 0.6 is 11.6 Å². The number of anilines is 1. The van der Waals surface area contributed by atoms with Gasteiger partial charge in [-0.1, -0.05) is 16.8 Å². The van der Waals surface area contributed by atoms with Crippen molar-refractivity contribution in [3.05, 3.63) is 40.4 Å². The van der Waals surface area contributed by atoms with Crippen LogP contribution < -0.4 is 5.32 Å². The number of aliphatic imine (C=N–C) groups is 1. The molecular weight excluding hydrogens is 341 g/mol. The number of hydrogen-bond donors (Lipinski definition) is 1. The summed E-state index contributed by atoms with van der Waals surface area (Å²) in [6.07, 6.45) is -0.530. The van der Waals surface area contributed by atoms with E-state index in [9.17, 15) is 9.18 Å². The van der Waals surface area contributed by atoms with Gasteiger partial charge in [-0.3, -0.25) is 4.99 Å². The Hall–Kier alpha value is -2.68. The first-order valence-electron chi connectivity index (χ1n) is 6.77. The van der Waals surface area contributed by atoms with Crippen LogP contribution in [0.3, 0.4) is 0 Å². The second-order valence-electron chi connectivity index (χ2n) is 4.83. The van der Waals surface area contributed by atoms with E-state index in [0.717, 1.165) is 0 Å². The molecule has 8 nitrogen and oxygen atoms in total. The van der Waals surface area contributed by atoms with Crippen molar-refractivity contribution in [3.63, 3.8) is 0 Å². The Kier molecular flexibility index (Phi) is 5.69. The molecule has 0 saturated heterocycles. The van der Waals surface area contributed by atoms with E-state index in [-0.39, 0.29) is 23.0 Å². The highest BCUT2D eigenvalue weighted by Crippen LogP contribution is 2.20. The molecule has 0 aliphatic rings. The highest BCUT2D eigenvalue weighted by molar-refractivity contribution is 6.31. The number of halogens is 2. The standard InChI is InChI=1S/C14H15ClFN5O3/c1-17-13(18-8-4-5-10(16)9(15)6-8)12-11(19-24-20-12)7-23-14(22)21(2)3/h4-6H,7H2,1-3H3,(H,17,18). The molecule has 0 unspecified atom stereocenters. The number of benzene rings is 1. The average Bonchev–Trinajstić information content (AvgIpc) is 3.01. The molecule has 1 N–H and O–H groups in total. The summed E-state index contributed by atoms with van der Waals surface area (Å²) in [5.41, 5.74) is 1.05. The highest BCUT2D eigenvalue weighted by Gasteiger charge is 2.18. The molecule has 2 aromatic rings. The van der Waals surface area contributed by atoms with Crippen molar-refractivity contribution in [1.82, 2.24) is 15.2 Å². The summed E-state index contributed by atoms with van der Waals surface area (Å²) < 4.78 is 22.9. The van der Waals surface area contributed by atoms with Gasteiger partial charge < -0.3 is 15.0 Å².